The molecule has 0 amide bonds. The molecule has 0 aromatic heterocycles. The average Bonchev–Trinajstić information content (AvgIpc) is 2.41. The molecule has 1 unspecified atom stereocenters. The lowest BCUT2D eigenvalue weighted by molar-refractivity contribution is 0.586. The first kappa shape index (κ1) is 15.3. The quantitative estimate of drug-likeness (QED) is 0.843. The van der Waals surface area contributed by atoms with Gasteiger partial charge >= 0.3 is 0 Å². The van der Waals surface area contributed by atoms with Crippen LogP contribution in [0.15, 0.2) is 36.4 Å². The van der Waals surface area contributed by atoms with E-state index in [0.29, 0.717) is 16.5 Å². The van der Waals surface area contributed by atoms with Crippen molar-refractivity contribution in [2.24, 2.45) is 0 Å². The Morgan fingerprint density at radius 1 is 1.15 bits per heavy atom. The number of benzene rings is 2. The van der Waals surface area contributed by atoms with Crippen molar-refractivity contribution in [1.29, 1.82) is 0 Å². The van der Waals surface area contributed by atoms with Gasteiger partial charge in [0.15, 0.2) is 0 Å². The van der Waals surface area contributed by atoms with Gasteiger partial charge in [0, 0.05) is 16.1 Å². The van der Waals surface area contributed by atoms with E-state index in [1.807, 2.05) is 32.2 Å². The van der Waals surface area contributed by atoms with E-state index in [2.05, 4.69) is 5.32 Å². The highest BCUT2D eigenvalue weighted by Crippen LogP contribution is 2.27. The lowest BCUT2D eigenvalue weighted by Crippen LogP contribution is -2.20. The SMILES string of the molecule is CNC(Cc1ccc(F)cc1Cl)c1cc(Cl)ccc1C. The van der Waals surface area contributed by atoms with E-state index in [1.165, 1.54) is 12.1 Å². The molecular weight excluding hydrogens is 296 g/mol. The molecule has 20 heavy (non-hydrogen) atoms. The van der Waals surface area contributed by atoms with Crippen molar-refractivity contribution in [1.82, 2.24) is 5.32 Å². The van der Waals surface area contributed by atoms with Crippen molar-refractivity contribution in [3.05, 3.63) is 69.0 Å². The summed E-state index contributed by atoms with van der Waals surface area (Å²) in [5.74, 6) is -0.321. The summed E-state index contributed by atoms with van der Waals surface area (Å²) in [4.78, 5) is 0. The summed E-state index contributed by atoms with van der Waals surface area (Å²) in [6.07, 6.45) is 0.677. The molecule has 0 radical (unpaired) electrons. The van der Waals surface area contributed by atoms with E-state index in [-0.39, 0.29) is 11.9 Å². The number of likely N-dealkylation sites (N-methyl/N-ethyl adjacent to an activating group) is 1. The molecule has 0 heterocycles. The second-order valence-electron chi connectivity index (χ2n) is 4.78. The normalized spacial score (nSPS) is 12.4. The smallest absolute Gasteiger partial charge is 0.124 e. The van der Waals surface area contributed by atoms with Crippen molar-refractivity contribution in [3.8, 4) is 0 Å². The van der Waals surface area contributed by atoms with E-state index in [4.69, 9.17) is 23.2 Å². The molecule has 2 rings (SSSR count). The van der Waals surface area contributed by atoms with Crippen LogP contribution in [0, 0.1) is 12.7 Å². The van der Waals surface area contributed by atoms with Crippen LogP contribution in [-0.2, 0) is 6.42 Å². The van der Waals surface area contributed by atoms with Crippen LogP contribution in [0.5, 0.6) is 0 Å². The van der Waals surface area contributed by atoms with Gasteiger partial charge < -0.3 is 5.32 Å². The summed E-state index contributed by atoms with van der Waals surface area (Å²) in [5.41, 5.74) is 3.19. The van der Waals surface area contributed by atoms with Crippen LogP contribution < -0.4 is 5.32 Å². The second-order valence-corrected chi connectivity index (χ2v) is 5.63. The van der Waals surface area contributed by atoms with E-state index in [0.717, 1.165) is 16.7 Å². The Morgan fingerprint density at radius 2 is 1.90 bits per heavy atom. The highest BCUT2D eigenvalue weighted by Gasteiger charge is 2.15. The molecule has 0 bridgehead atoms. The molecule has 1 atom stereocenters. The van der Waals surface area contributed by atoms with Crippen molar-refractivity contribution in [2.45, 2.75) is 19.4 Å². The molecule has 2 aromatic carbocycles. The monoisotopic (exact) mass is 311 g/mol. The van der Waals surface area contributed by atoms with Gasteiger partial charge in [-0.3, -0.25) is 0 Å². The third-order valence-corrected chi connectivity index (χ3v) is 3.99. The van der Waals surface area contributed by atoms with Gasteiger partial charge in [-0.2, -0.15) is 0 Å². The topological polar surface area (TPSA) is 12.0 Å². The Bertz CT molecular complexity index is 613. The highest BCUT2D eigenvalue weighted by molar-refractivity contribution is 6.31. The van der Waals surface area contributed by atoms with Gasteiger partial charge in [0.25, 0.3) is 0 Å². The van der Waals surface area contributed by atoms with Gasteiger partial charge in [0.1, 0.15) is 5.82 Å². The number of hydrogen-bond acceptors (Lipinski definition) is 1. The molecule has 1 N–H and O–H groups in total. The van der Waals surface area contributed by atoms with Crippen LogP contribution in [0.3, 0.4) is 0 Å². The van der Waals surface area contributed by atoms with Crippen LogP contribution in [0.1, 0.15) is 22.7 Å². The zero-order valence-electron chi connectivity index (χ0n) is 11.4. The maximum atomic E-state index is 13.1. The first-order chi connectivity index (χ1) is 9.51. The molecular formula is C16H16Cl2FN. The van der Waals surface area contributed by atoms with Crippen LogP contribution in [-0.4, -0.2) is 7.05 Å². The van der Waals surface area contributed by atoms with E-state index in [9.17, 15) is 4.39 Å². The Morgan fingerprint density at radius 3 is 2.55 bits per heavy atom. The minimum Gasteiger partial charge on any atom is -0.313 e. The summed E-state index contributed by atoms with van der Waals surface area (Å²) < 4.78 is 13.1. The van der Waals surface area contributed by atoms with Crippen LogP contribution in [0.4, 0.5) is 4.39 Å². The molecule has 0 aliphatic rings. The Balaban J connectivity index is 2.31. The lowest BCUT2D eigenvalue weighted by Gasteiger charge is -2.20. The predicted molar refractivity (Wildman–Crippen MR) is 83.1 cm³/mol. The fourth-order valence-electron chi connectivity index (χ4n) is 2.26. The van der Waals surface area contributed by atoms with Gasteiger partial charge in [0.05, 0.1) is 0 Å². The summed E-state index contributed by atoms with van der Waals surface area (Å²) in [7, 11) is 1.89. The van der Waals surface area contributed by atoms with Gasteiger partial charge in [-0.25, -0.2) is 4.39 Å². The van der Waals surface area contributed by atoms with Crippen LogP contribution >= 0.6 is 23.2 Å². The van der Waals surface area contributed by atoms with Crippen molar-refractivity contribution < 1.29 is 4.39 Å². The first-order valence-electron chi connectivity index (χ1n) is 6.38. The predicted octanol–water partition coefficient (Wildman–Crippen LogP) is 4.94. The van der Waals surface area contributed by atoms with Crippen molar-refractivity contribution >= 4 is 23.2 Å². The standard InChI is InChI=1S/C16H16Cl2FN/c1-10-3-5-12(17)8-14(10)16(20-2)7-11-4-6-13(19)9-15(11)18/h3-6,8-9,16,20H,7H2,1-2H3. The molecule has 0 spiro atoms. The fraction of sp³-hybridized carbons (Fsp3) is 0.250. The molecule has 4 heteroatoms. The fourth-order valence-corrected chi connectivity index (χ4v) is 2.69. The molecule has 1 nitrogen and oxygen atoms in total. The molecule has 0 fully saturated rings. The Kier molecular flexibility index (Phi) is 5.03. The first-order valence-corrected chi connectivity index (χ1v) is 7.14. The zero-order chi connectivity index (χ0) is 14.7. The average molecular weight is 312 g/mol. The summed E-state index contributed by atoms with van der Waals surface area (Å²) in [5, 5.41) is 4.42. The third kappa shape index (κ3) is 3.51. The van der Waals surface area contributed by atoms with Gasteiger partial charge in [-0.05, 0) is 61.3 Å². The van der Waals surface area contributed by atoms with Crippen LogP contribution in [0.25, 0.3) is 0 Å². The van der Waals surface area contributed by atoms with Crippen molar-refractivity contribution in [3.63, 3.8) is 0 Å². The maximum Gasteiger partial charge on any atom is 0.124 e. The van der Waals surface area contributed by atoms with Gasteiger partial charge in [-0.1, -0.05) is 35.3 Å². The number of aryl methyl sites for hydroxylation is 1. The van der Waals surface area contributed by atoms with Gasteiger partial charge in [-0.15, -0.1) is 0 Å². The van der Waals surface area contributed by atoms with E-state index in [1.54, 1.807) is 6.07 Å². The molecule has 106 valence electrons. The number of nitrogens with one attached hydrogen (secondary N) is 1. The number of hydrogen-bond donors (Lipinski definition) is 1. The number of rotatable bonds is 4. The lowest BCUT2D eigenvalue weighted by atomic mass is 9.95. The minimum absolute atomic E-state index is 0.0802. The number of halogens is 3. The molecule has 0 saturated heterocycles. The van der Waals surface area contributed by atoms with E-state index < -0.39 is 0 Å². The van der Waals surface area contributed by atoms with Gasteiger partial charge in [0.2, 0.25) is 0 Å². The highest BCUT2D eigenvalue weighted by atomic mass is 35.5. The minimum atomic E-state index is -0.321. The summed E-state index contributed by atoms with van der Waals surface area (Å²) in [6.45, 7) is 2.04. The maximum absolute atomic E-state index is 13.1. The van der Waals surface area contributed by atoms with Crippen LogP contribution in [0.2, 0.25) is 10.0 Å². The zero-order valence-corrected chi connectivity index (χ0v) is 12.9. The van der Waals surface area contributed by atoms with E-state index >= 15 is 0 Å². The Labute approximate surface area is 128 Å². The third-order valence-electron chi connectivity index (χ3n) is 3.40. The molecule has 0 aliphatic carbocycles. The Hall–Kier alpha value is -1.09. The molecule has 0 aliphatic heterocycles. The largest absolute Gasteiger partial charge is 0.313 e. The second kappa shape index (κ2) is 6.57. The summed E-state index contributed by atoms with van der Waals surface area (Å²) in [6, 6.07) is 10.4. The summed E-state index contributed by atoms with van der Waals surface area (Å²) >= 11 is 12.2. The van der Waals surface area contributed by atoms with Crippen molar-refractivity contribution in [2.75, 3.05) is 7.05 Å². The molecule has 0 saturated carbocycles. The molecule has 2 aromatic rings.